The van der Waals surface area contributed by atoms with Crippen LogP contribution in [0.2, 0.25) is 0 Å². The van der Waals surface area contributed by atoms with Crippen LogP contribution >= 0.6 is 0 Å². The lowest BCUT2D eigenvalue weighted by molar-refractivity contribution is 0.407. The highest BCUT2D eigenvalue weighted by Crippen LogP contribution is 2.31. The molecule has 150 valence electrons. The van der Waals surface area contributed by atoms with Crippen molar-refractivity contribution in [1.29, 1.82) is 0 Å². The van der Waals surface area contributed by atoms with Crippen molar-refractivity contribution in [3.8, 4) is 11.4 Å². The van der Waals surface area contributed by atoms with Gasteiger partial charge in [-0.05, 0) is 36.4 Å². The van der Waals surface area contributed by atoms with Gasteiger partial charge in [-0.2, -0.15) is 4.98 Å². The number of pyridine rings is 1. The number of aromatic nitrogens is 3. The third-order valence-electron chi connectivity index (χ3n) is 4.51. The second-order valence-corrected chi connectivity index (χ2v) is 6.42. The maximum absolute atomic E-state index is 14.4. The van der Waals surface area contributed by atoms with Crippen LogP contribution in [0.3, 0.4) is 0 Å². The first-order chi connectivity index (χ1) is 14.6. The second kappa shape index (κ2) is 8.12. The van der Waals surface area contributed by atoms with Crippen LogP contribution in [-0.4, -0.2) is 22.2 Å². The number of hydrogen-bond donors (Lipinski definition) is 1. The summed E-state index contributed by atoms with van der Waals surface area (Å²) in [7, 11) is 1.67. The molecule has 6 nitrogen and oxygen atoms in total. The summed E-state index contributed by atoms with van der Waals surface area (Å²) >= 11 is 0. The van der Waals surface area contributed by atoms with Gasteiger partial charge in [-0.3, -0.25) is 4.98 Å². The molecule has 0 radical (unpaired) electrons. The summed E-state index contributed by atoms with van der Waals surface area (Å²) in [5.74, 6) is -0.865. The van der Waals surface area contributed by atoms with Crippen molar-refractivity contribution in [3.63, 3.8) is 0 Å². The molecule has 0 spiro atoms. The van der Waals surface area contributed by atoms with Crippen LogP contribution in [0.1, 0.15) is 11.5 Å². The number of nitrogens with two attached hydrogens (primary N) is 1. The topological polar surface area (TPSA) is 81.1 Å². The Morgan fingerprint density at radius 2 is 1.70 bits per heavy atom. The zero-order valence-electron chi connectivity index (χ0n) is 16.0. The zero-order chi connectivity index (χ0) is 21.1. The van der Waals surface area contributed by atoms with E-state index in [-0.39, 0.29) is 23.0 Å². The highest BCUT2D eigenvalue weighted by molar-refractivity contribution is 5.94. The van der Waals surface area contributed by atoms with E-state index >= 15 is 0 Å². The second-order valence-electron chi connectivity index (χ2n) is 6.42. The fourth-order valence-corrected chi connectivity index (χ4v) is 3.06. The van der Waals surface area contributed by atoms with Crippen LogP contribution in [0.5, 0.6) is 0 Å². The molecule has 8 heteroatoms. The molecule has 0 saturated heterocycles. The summed E-state index contributed by atoms with van der Waals surface area (Å²) in [5.41, 5.74) is 8.00. The maximum Gasteiger partial charge on any atom is 0.276 e. The standard InChI is InChI=1S/C22H17F2N5O/c1-29(18-11-5-4-10-17(18)24)20(14-7-6-12-26-13-14)19(25)22-27-21(28-30-22)15-8-2-3-9-16(15)23/h2-13H,25H2,1H3/b20-19-. The molecule has 0 aliphatic carbocycles. The number of hydrogen-bond acceptors (Lipinski definition) is 6. The number of para-hydroxylation sites is 1. The van der Waals surface area contributed by atoms with E-state index in [4.69, 9.17) is 10.3 Å². The van der Waals surface area contributed by atoms with Crippen LogP contribution in [0.25, 0.3) is 22.8 Å². The minimum Gasteiger partial charge on any atom is -0.393 e. The third kappa shape index (κ3) is 3.62. The highest BCUT2D eigenvalue weighted by atomic mass is 19.1. The average Bonchev–Trinajstić information content (AvgIpc) is 3.25. The fraction of sp³-hybridized carbons (Fsp3) is 0.0455. The average molecular weight is 405 g/mol. The van der Waals surface area contributed by atoms with Gasteiger partial charge in [0, 0.05) is 25.0 Å². The number of anilines is 1. The van der Waals surface area contributed by atoms with Gasteiger partial charge in [0.25, 0.3) is 5.89 Å². The smallest absolute Gasteiger partial charge is 0.276 e. The van der Waals surface area contributed by atoms with Gasteiger partial charge in [-0.15, -0.1) is 0 Å². The minimum atomic E-state index is -0.483. The van der Waals surface area contributed by atoms with Crippen molar-refractivity contribution in [2.24, 2.45) is 5.73 Å². The van der Waals surface area contributed by atoms with Crippen LogP contribution in [0, 0.1) is 11.6 Å². The van der Waals surface area contributed by atoms with Gasteiger partial charge in [0.15, 0.2) is 0 Å². The van der Waals surface area contributed by atoms with E-state index in [1.165, 1.54) is 18.2 Å². The molecule has 4 rings (SSSR count). The van der Waals surface area contributed by atoms with E-state index in [0.29, 0.717) is 16.9 Å². The molecule has 0 bridgehead atoms. The predicted molar refractivity (Wildman–Crippen MR) is 110 cm³/mol. The molecule has 0 aliphatic rings. The summed E-state index contributed by atoms with van der Waals surface area (Å²) in [6.07, 6.45) is 3.21. The Morgan fingerprint density at radius 1 is 0.967 bits per heavy atom. The Morgan fingerprint density at radius 3 is 2.40 bits per heavy atom. The molecule has 0 saturated carbocycles. The summed E-state index contributed by atoms with van der Waals surface area (Å²) in [6.45, 7) is 0. The molecular weight excluding hydrogens is 388 g/mol. The van der Waals surface area contributed by atoms with Gasteiger partial charge in [0.2, 0.25) is 5.82 Å². The van der Waals surface area contributed by atoms with E-state index < -0.39 is 11.6 Å². The summed E-state index contributed by atoms with van der Waals surface area (Å²) in [4.78, 5) is 9.94. The summed E-state index contributed by atoms with van der Waals surface area (Å²) in [5, 5.41) is 3.85. The van der Waals surface area contributed by atoms with Crippen molar-refractivity contribution >= 4 is 17.1 Å². The number of halogens is 2. The van der Waals surface area contributed by atoms with E-state index in [1.54, 1.807) is 66.8 Å². The number of benzene rings is 2. The first-order valence-electron chi connectivity index (χ1n) is 9.03. The van der Waals surface area contributed by atoms with Crippen LogP contribution in [0.15, 0.2) is 77.6 Å². The van der Waals surface area contributed by atoms with Crippen molar-refractivity contribution < 1.29 is 13.3 Å². The van der Waals surface area contributed by atoms with Gasteiger partial charge < -0.3 is 15.2 Å². The molecular formula is C22H17F2N5O. The molecule has 2 aromatic heterocycles. The lowest BCUT2D eigenvalue weighted by Gasteiger charge is -2.24. The molecule has 0 atom stereocenters. The molecule has 2 N–H and O–H groups in total. The monoisotopic (exact) mass is 405 g/mol. The third-order valence-corrected chi connectivity index (χ3v) is 4.51. The van der Waals surface area contributed by atoms with Gasteiger partial charge in [-0.1, -0.05) is 29.4 Å². The Kier molecular flexibility index (Phi) is 5.21. The quantitative estimate of drug-likeness (QED) is 0.532. The van der Waals surface area contributed by atoms with E-state index in [1.807, 2.05) is 0 Å². The van der Waals surface area contributed by atoms with E-state index in [0.717, 1.165) is 0 Å². The molecule has 2 heterocycles. The van der Waals surface area contributed by atoms with Crippen LogP contribution in [-0.2, 0) is 0 Å². The molecule has 0 unspecified atom stereocenters. The minimum absolute atomic E-state index is 0.0182. The predicted octanol–water partition coefficient (Wildman–Crippen LogP) is 4.33. The fourth-order valence-electron chi connectivity index (χ4n) is 3.06. The first-order valence-corrected chi connectivity index (χ1v) is 9.03. The maximum atomic E-state index is 14.4. The largest absolute Gasteiger partial charge is 0.393 e. The van der Waals surface area contributed by atoms with Crippen molar-refractivity contribution in [2.75, 3.05) is 11.9 Å². The van der Waals surface area contributed by atoms with Crippen molar-refractivity contribution in [2.45, 2.75) is 0 Å². The summed E-state index contributed by atoms with van der Waals surface area (Å²) < 4.78 is 33.8. The Hall–Kier alpha value is -4.07. The van der Waals surface area contributed by atoms with Crippen LogP contribution in [0.4, 0.5) is 14.5 Å². The van der Waals surface area contributed by atoms with E-state index in [9.17, 15) is 8.78 Å². The Balaban J connectivity index is 1.84. The van der Waals surface area contributed by atoms with Gasteiger partial charge in [-0.25, -0.2) is 8.78 Å². The first kappa shape index (κ1) is 19.3. The van der Waals surface area contributed by atoms with Crippen molar-refractivity contribution in [3.05, 3.63) is 96.1 Å². The van der Waals surface area contributed by atoms with Gasteiger partial charge in [0.1, 0.15) is 17.3 Å². The summed E-state index contributed by atoms with van der Waals surface area (Å²) in [6, 6.07) is 15.9. The molecule has 2 aromatic carbocycles. The zero-order valence-corrected chi connectivity index (χ0v) is 16.0. The highest BCUT2D eigenvalue weighted by Gasteiger charge is 2.22. The lowest BCUT2D eigenvalue weighted by atomic mass is 10.1. The lowest BCUT2D eigenvalue weighted by Crippen LogP contribution is -2.21. The number of rotatable bonds is 5. The van der Waals surface area contributed by atoms with Crippen LogP contribution < -0.4 is 10.6 Å². The molecule has 0 fully saturated rings. The number of nitrogens with zero attached hydrogens (tertiary/aromatic N) is 4. The Bertz CT molecular complexity index is 1210. The normalized spacial score (nSPS) is 11.8. The molecule has 0 amide bonds. The van der Waals surface area contributed by atoms with Crippen molar-refractivity contribution in [1.82, 2.24) is 15.1 Å². The van der Waals surface area contributed by atoms with Gasteiger partial charge >= 0.3 is 0 Å². The SMILES string of the molecule is CN(/C(=C(\N)c1nc(-c2ccccc2F)no1)c1cccnc1)c1ccccc1F. The molecule has 30 heavy (non-hydrogen) atoms. The van der Waals surface area contributed by atoms with Gasteiger partial charge in [0.05, 0.1) is 16.9 Å². The molecule has 4 aromatic rings. The Labute approximate surface area is 171 Å². The van der Waals surface area contributed by atoms with E-state index in [2.05, 4.69) is 15.1 Å². The molecule has 0 aliphatic heterocycles.